The van der Waals surface area contributed by atoms with Crippen molar-refractivity contribution in [2.75, 3.05) is 37.8 Å². The van der Waals surface area contributed by atoms with Gasteiger partial charge in [-0.2, -0.15) is 0 Å². The number of hydrogen-bond donors (Lipinski definition) is 1. The largest absolute Gasteiger partial charge is 0.381 e. The van der Waals surface area contributed by atoms with Gasteiger partial charge in [-0.05, 0) is 51.6 Å². The van der Waals surface area contributed by atoms with Crippen molar-refractivity contribution in [3.05, 3.63) is 0 Å². The average Bonchev–Trinajstić information content (AvgIpc) is 2.58. The van der Waals surface area contributed by atoms with Crippen molar-refractivity contribution < 1.29 is 17.9 Å². The molecule has 0 aromatic rings. The third-order valence-electron chi connectivity index (χ3n) is 5.51. The molecule has 3 aliphatic heterocycles. The molecule has 3 heterocycles. The molecule has 0 aliphatic carbocycles. The number of hydrogen-bond acceptors (Lipinski definition) is 5. The number of ether oxygens (including phenoxy) is 1. The van der Waals surface area contributed by atoms with Gasteiger partial charge in [-0.25, -0.2) is 8.42 Å². The van der Waals surface area contributed by atoms with Crippen molar-refractivity contribution in [1.82, 2.24) is 10.2 Å². The zero-order valence-corrected chi connectivity index (χ0v) is 14.5. The minimum atomic E-state index is -2.86. The van der Waals surface area contributed by atoms with Crippen LogP contribution in [-0.4, -0.2) is 69.1 Å². The minimum absolute atomic E-state index is 0.0412. The van der Waals surface area contributed by atoms with E-state index in [1.807, 2.05) is 0 Å². The fraction of sp³-hybridized carbons (Fsp3) is 0.938. The third kappa shape index (κ3) is 4.67. The van der Waals surface area contributed by atoms with E-state index in [0.717, 1.165) is 52.0 Å². The fourth-order valence-electron chi connectivity index (χ4n) is 3.93. The third-order valence-corrected chi connectivity index (χ3v) is 7.22. The monoisotopic (exact) mass is 344 g/mol. The number of nitrogens with zero attached hydrogens (tertiary/aromatic N) is 1. The summed E-state index contributed by atoms with van der Waals surface area (Å²) in [6.07, 6.45) is 5.16. The number of carbonyl (C=O) groups is 1. The smallest absolute Gasteiger partial charge is 0.223 e. The Bertz CT molecular complexity index is 494. The maximum absolute atomic E-state index is 12.4. The summed E-state index contributed by atoms with van der Waals surface area (Å²) in [5.41, 5.74) is 0. The van der Waals surface area contributed by atoms with E-state index in [0.29, 0.717) is 18.9 Å². The summed E-state index contributed by atoms with van der Waals surface area (Å²) in [5, 5.41) is 3.08. The van der Waals surface area contributed by atoms with Crippen LogP contribution in [0.3, 0.4) is 0 Å². The van der Waals surface area contributed by atoms with Gasteiger partial charge in [0, 0.05) is 31.2 Å². The van der Waals surface area contributed by atoms with Crippen molar-refractivity contribution in [1.29, 1.82) is 0 Å². The number of piperidine rings is 1. The van der Waals surface area contributed by atoms with E-state index in [1.165, 1.54) is 0 Å². The van der Waals surface area contributed by atoms with E-state index < -0.39 is 9.84 Å². The summed E-state index contributed by atoms with van der Waals surface area (Å²) >= 11 is 0. The number of nitrogens with one attached hydrogen (secondary N) is 1. The molecular formula is C16H28N2O4S. The van der Waals surface area contributed by atoms with Gasteiger partial charge in [0.15, 0.2) is 0 Å². The molecule has 0 aromatic heterocycles. The summed E-state index contributed by atoms with van der Waals surface area (Å²) in [7, 11) is -2.86. The van der Waals surface area contributed by atoms with Crippen LogP contribution in [0.25, 0.3) is 0 Å². The van der Waals surface area contributed by atoms with Crippen LogP contribution in [0.5, 0.6) is 0 Å². The summed E-state index contributed by atoms with van der Waals surface area (Å²) < 4.78 is 28.3. The molecule has 3 saturated heterocycles. The SMILES string of the molecule is O=C(NC1CCS(=O)(=O)CC1)C1CCN(C2CCOCC2)CC1. The maximum Gasteiger partial charge on any atom is 0.223 e. The van der Waals surface area contributed by atoms with Crippen LogP contribution in [0.1, 0.15) is 38.5 Å². The van der Waals surface area contributed by atoms with Crippen molar-refractivity contribution in [2.45, 2.75) is 50.6 Å². The second-order valence-corrected chi connectivity index (χ2v) is 9.39. The van der Waals surface area contributed by atoms with Gasteiger partial charge in [0.25, 0.3) is 0 Å². The van der Waals surface area contributed by atoms with Crippen LogP contribution in [-0.2, 0) is 19.4 Å². The molecule has 3 fully saturated rings. The molecule has 23 heavy (non-hydrogen) atoms. The molecule has 1 amide bonds. The molecule has 0 spiro atoms. The molecule has 0 atom stereocenters. The van der Waals surface area contributed by atoms with E-state index in [-0.39, 0.29) is 29.4 Å². The first-order valence-corrected chi connectivity index (χ1v) is 10.7. The molecule has 1 N–H and O–H groups in total. The molecule has 0 bridgehead atoms. The van der Waals surface area contributed by atoms with Gasteiger partial charge in [-0.15, -0.1) is 0 Å². The Labute approximate surface area is 138 Å². The minimum Gasteiger partial charge on any atom is -0.381 e. The molecular weight excluding hydrogens is 316 g/mol. The predicted octanol–water partition coefficient (Wildman–Crippen LogP) is 0.571. The zero-order valence-electron chi connectivity index (χ0n) is 13.7. The van der Waals surface area contributed by atoms with Gasteiger partial charge >= 0.3 is 0 Å². The molecule has 3 aliphatic rings. The van der Waals surface area contributed by atoms with Crippen molar-refractivity contribution in [3.8, 4) is 0 Å². The highest BCUT2D eigenvalue weighted by Gasteiger charge is 2.31. The number of likely N-dealkylation sites (tertiary alicyclic amines) is 1. The van der Waals surface area contributed by atoms with Crippen LogP contribution < -0.4 is 5.32 Å². The Balaban J connectivity index is 1.41. The Morgan fingerprint density at radius 2 is 1.57 bits per heavy atom. The first kappa shape index (κ1) is 17.2. The molecule has 7 heteroatoms. The molecule has 132 valence electrons. The molecule has 0 saturated carbocycles. The summed E-state index contributed by atoms with van der Waals surface area (Å²) in [5.74, 6) is 0.630. The van der Waals surface area contributed by atoms with Crippen molar-refractivity contribution in [3.63, 3.8) is 0 Å². The fourth-order valence-corrected chi connectivity index (χ4v) is 5.42. The summed E-state index contributed by atoms with van der Waals surface area (Å²) in [6.45, 7) is 3.69. The lowest BCUT2D eigenvalue weighted by atomic mass is 9.93. The second-order valence-electron chi connectivity index (χ2n) is 7.09. The first-order chi connectivity index (χ1) is 11.0. The Kier molecular flexibility index (Phi) is 5.59. The van der Waals surface area contributed by atoms with Crippen LogP contribution >= 0.6 is 0 Å². The van der Waals surface area contributed by atoms with E-state index in [4.69, 9.17) is 4.74 Å². The zero-order chi connectivity index (χ0) is 16.3. The van der Waals surface area contributed by atoms with Gasteiger partial charge in [0.2, 0.25) is 5.91 Å². The van der Waals surface area contributed by atoms with E-state index in [9.17, 15) is 13.2 Å². The molecule has 0 radical (unpaired) electrons. The van der Waals surface area contributed by atoms with E-state index in [1.54, 1.807) is 0 Å². The topological polar surface area (TPSA) is 75.7 Å². The lowest BCUT2D eigenvalue weighted by Crippen LogP contribution is -2.48. The van der Waals surface area contributed by atoms with Gasteiger partial charge in [0.1, 0.15) is 9.84 Å². The standard InChI is InChI=1S/C16H28N2O4S/c19-16(17-14-5-11-23(20,21)12-6-14)13-1-7-18(8-2-13)15-3-9-22-10-4-15/h13-15H,1-12H2,(H,17,19). The van der Waals surface area contributed by atoms with Gasteiger partial charge < -0.3 is 15.0 Å². The normalized spacial score (nSPS) is 28.5. The van der Waals surface area contributed by atoms with Gasteiger partial charge in [-0.3, -0.25) is 4.79 Å². The average molecular weight is 344 g/mol. The highest BCUT2D eigenvalue weighted by atomic mass is 32.2. The van der Waals surface area contributed by atoms with Gasteiger partial charge in [-0.1, -0.05) is 0 Å². The molecule has 6 nitrogen and oxygen atoms in total. The van der Waals surface area contributed by atoms with Crippen LogP contribution in [0, 0.1) is 5.92 Å². The first-order valence-electron chi connectivity index (χ1n) is 8.86. The number of rotatable bonds is 3. The lowest BCUT2D eigenvalue weighted by Gasteiger charge is -2.39. The van der Waals surface area contributed by atoms with Crippen LogP contribution in [0.2, 0.25) is 0 Å². The van der Waals surface area contributed by atoms with E-state index in [2.05, 4.69) is 10.2 Å². The number of sulfone groups is 1. The highest BCUT2D eigenvalue weighted by Crippen LogP contribution is 2.24. The molecule has 3 rings (SSSR count). The van der Waals surface area contributed by atoms with Crippen LogP contribution in [0.4, 0.5) is 0 Å². The Morgan fingerprint density at radius 3 is 2.17 bits per heavy atom. The lowest BCUT2D eigenvalue weighted by molar-refractivity contribution is -0.127. The van der Waals surface area contributed by atoms with Crippen molar-refractivity contribution >= 4 is 15.7 Å². The number of amides is 1. The summed E-state index contributed by atoms with van der Waals surface area (Å²) in [6, 6.07) is 0.663. The van der Waals surface area contributed by atoms with Crippen LogP contribution in [0.15, 0.2) is 0 Å². The van der Waals surface area contributed by atoms with Gasteiger partial charge in [0.05, 0.1) is 11.5 Å². The Morgan fingerprint density at radius 1 is 0.957 bits per heavy atom. The predicted molar refractivity (Wildman–Crippen MR) is 88.0 cm³/mol. The van der Waals surface area contributed by atoms with Crippen molar-refractivity contribution in [2.24, 2.45) is 5.92 Å². The number of carbonyl (C=O) groups excluding carboxylic acids is 1. The highest BCUT2D eigenvalue weighted by molar-refractivity contribution is 7.91. The summed E-state index contributed by atoms with van der Waals surface area (Å²) in [4.78, 5) is 14.9. The van der Waals surface area contributed by atoms with E-state index >= 15 is 0 Å². The second kappa shape index (κ2) is 7.49. The quantitative estimate of drug-likeness (QED) is 0.810. The molecule has 0 unspecified atom stereocenters. The maximum atomic E-state index is 12.4. The molecule has 0 aromatic carbocycles. The Hall–Kier alpha value is -0.660.